The Kier molecular flexibility index (Phi) is 7.68. The van der Waals surface area contributed by atoms with Crippen molar-refractivity contribution in [2.45, 2.75) is 51.4 Å². The molecule has 154 valence electrons. The standard InChI is InChI=1S/C15H19ClN2.C8H9ClN2/c1-10-6-8-11(9-7-10)15-17-13-5-3-2-4-12(13)14(16)18-15;1-11-8(9)6-4-2-3-5-7(6)10/h4-5,10-11H,2-3,6-9H2,1H3;2-5H,10H2,1H3. The monoisotopic (exact) mass is 430 g/mol. The van der Waals surface area contributed by atoms with Crippen LogP contribution < -0.4 is 16.3 Å². The molecular formula is C23H28Cl2N4. The summed E-state index contributed by atoms with van der Waals surface area (Å²) in [4.78, 5) is 13.1. The lowest BCUT2D eigenvalue weighted by atomic mass is 9.82. The average molecular weight is 431 g/mol. The minimum atomic E-state index is 0.447. The lowest BCUT2D eigenvalue weighted by Gasteiger charge is -2.25. The molecule has 2 aliphatic rings. The molecule has 1 aromatic carbocycles. The summed E-state index contributed by atoms with van der Waals surface area (Å²) in [6, 6.07) is 7.37. The molecular weight excluding hydrogens is 403 g/mol. The Labute approximate surface area is 182 Å². The van der Waals surface area contributed by atoms with E-state index in [0.29, 0.717) is 21.9 Å². The molecule has 2 N–H and O–H groups in total. The topological polar surface area (TPSA) is 64.2 Å². The van der Waals surface area contributed by atoms with E-state index in [1.54, 1.807) is 13.1 Å². The molecule has 0 bridgehead atoms. The second-order valence-corrected chi connectivity index (χ2v) is 8.43. The first-order chi connectivity index (χ1) is 14.0. The van der Waals surface area contributed by atoms with Crippen LogP contribution in [0.2, 0.25) is 5.15 Å². The maximum atomic E-state index is 6.29. The van der Waals surface area contributed by atoms with Gasteiger partial charge in [-0.25, -0.2) is 9.97 Å². The highest BCUT2D eigenvalue weighted by atomic mass is 35.5. The smallest absolute Gasteiger partial charge is 0.140 e. The van der Waals surface area contributed by atoms with E-state index in [4.69, 9.17) is 33.9 Å². The number of nitrogens with zero attached hydrogens (tertiary/aromatic N) is 3. The van der Waals surface area contributed by atoms with Crippen molar-refractivity contribution >= 4 is 46.2 Å². The number of hydrogen-bond acceptors (Lipinski definition) is 4. The average Bonchev–Trinajstić information content (AvgIpc) is 2.74. The predicted molar refractivity (Wildman–Crippen MR) is 124 cm³/mol. The van der Waals surface area contributed by atoms with Gasteiger partial charge in [0.05, 0.1) is 5.35 Å². The fourth-order valence-electron chi connectivity index (χ4n) is 3.77. The molecule has 1 saturated carbocycles. The number of fused-ring (bicyclic) bond motifs is 1. The summed E-state index contributed by atoms with van der Waals surface area (Å²) < 4.78 is 0. The van der Waals surface area contributed by atoms with E-state index in [9.17, 15) is 0 Å². The number of aromatic nitrogens is 2. The number of rotatable bonds is 2. The summed E-state index contributed by atoms with van der Waals surface area (Å²) in [6.07, 6.45) is 11.5. The van der Waals surface area contributed by atoms with Gasteiger partial charge in [0.1, 0.15) is 16.1 Å². The van der Waals surface area contributed by atoms with Crippen LogP contribution in [0.5, 0.6) is 0 Å². The second kappa shape index (κ2) is 10.2. The minimum absolute atomic E-state index is 0.447. The molecule has 1 heterocycles. The van der Waals surface area contributed by atoms with E-state index in [1.165, 1.54) is 25.7 Å². The van der Waals surface area contributed by atoms with E-state index in [1.807, 2.05) is 18.2 Å². The van der Waals surface area contributed by atoms with Crippen molar-refractivity contribution in [1.82, 2.24) is 9.97 Å². The zero-order valence-corrected chi connectivity index (χ0v) is 18.5. The molecule has 0 atom stereocenters. The molecule has 4 rings (SSSR count). The van der Waals surface area contributed by atoms with E-state index in [-0.39, 0.29) is 0 Å². The van der Waals surface area contributed by atoms with Crippen LogP contribution in [0.3, 0.4) is 0 Å². The van der Waals surface area contributed by atoms with E-state index in [0.717, 1.165) is 40.7 Å². The summed E-state index contributed by atoms with van der Waals surface area (Å²) in [5.41, 5.74) is 7.08. The summed E-state index contributed by atoms with van der Waals surface area (Å²) in [6.45, 7) is 2.33. The van der Waals surface area contributed by atoms with Crippen molar-refractivity contribution in [2.24, 2.45) is 10.9 Å². The molecule has 6 heteroatoms. The highest BCUT2D eigenvalue weighted by Gasteiger charge is 2.22. The number of halogens is 2. The number of nitrogens with two attached hydrogens (primary N) is 1. The number of para-hydroxylation sites is 1. The van der Waals surface area contributed by atoms with Gasteiger partial charge >= 0.3 is 0 Å². The lowest BCUT2D eigenvalue weighted by Crippen LogP contribution is -2.34. The Hall–Kier alpha value is -1.91. The van der Waals surface area contributed by atoms with Crippen molar-refractivity contribution in [3.05, 3.63) is 51.4 Å². The van der Waals surface area contributed by atoms with Gasteiger partial charge in [0.15, 0.2) is 0 Å². The van der Waals surface area contributed by atoms with Crippen LogP contribution in [0.1, 0.15) is 62.8 Å². The van der Waals surface area contributed by atoms with Gasteiger partial charge in [-0.15, -0.1) is 0 Å². The molecule has 4 nitrogen and oxygen atoms in total. The molecule has 0 amide bonds. The molecule has 2 aromatic rings. The highest BCUT2D eigenvalue weighted by Crippen LogP contribution is 2.33. The third-order valence-electron chi connectivity index (χ3n) is 5.56. The number of aliphatic imine (C=N–C) groups is 1. The Morgan fingerprint density at radius 3 is 2.45 bits per heavy atom. The summed E-state index contributed by atoms with van der Waals surface area (Å²) >= 11 is 12.1. The Morgan fingerprint density at radius 1 is 1.07 bits per heavy atom. The maximum Gasteiger partial charge on any atom is 0.140 e. The van der Waals surface area contributed by atoms with Crippen LogP contribution in [0.15, 0.2) is 29.3 Å². The molecule has 0 radical (unpaired) electrons. The molecule has 29 heavy (non-hydrogen) atoms. The van der Waals surface area contributed by atoms with Gasteiger partial charge in [0.2, 0.25) is 0 Å². The molecule has 0 aliphatic heterocycles. The van der Waals surface area contributed by atoms with E-state index >= 15 is 0 Å². The fraction of sp³-hybridized carbons (Fsp3) is 0.435. The van der Waals surface area contributed by atoms with Crippen molar-refractivity contribution in [2.75, 3.05) is 12.8 Å². The molecule has 0 unspecified atom stereocenters. The summed E-state index contributed by atoms with van der Waals surface area (Å²) in [7, 11) is 1.63. The van der Waals surface area contributed by atoms with Crippen LogP contribution in [0, 0.1) is 5.92 Å². The van der Waals surface area contributed by atoms with Gasteiger partial charge in [-0.05, 0) is 43.7 Å². The molecule has 1 aromatic heterocycles. The van der Waals surface area contributed by atoms with Gasteiger partial charge in [-0.1, -0.05) is 67.3 Å². The van der Waals surface area contributed by atoms with E-state index < -0.39 is 0 Å². The number of benzene rings is 1. The van der Waals surface area contributed by atoms with Gasteiger partial charge in [0.25, 0.3) is 0 Å². The predicted octanol–water partition coefficient (Wildman–Crippen LogP) is 4.66. The largest absolute Gasteiger partial charge is 0.398 e. The fourth-order valence-corrected chi connectivity index (χ4v) is 4.21. The first-order valence-electron chi connectivity index (χ1n) is 10.2. The lowest BCUT2D eigenvalue weighted by molar-refractivity contribution is 0.339. The van der Waals surface area contributed by atoms with Crippen LogP contribution in [0.4, 0.5) is 5.69 Å². The van der Waals surface area contributed by atoms with Crippen molar-refractivity contribution in [1.29, 1.82) is 0 Å². The quantitative estimate of drug-likeness (QED) is 0.427. The normalized spacial score (nSPS) is 21.2. The third kappa shape index (κ3) is 5.58. The van der Waals surface area contributed by atoms with Crippen molar-refractivity contribution < 1.29 is 0 Å². The molecule has 2 aliphatic carbocycles. The number of hydrogen-bond donors (Lipinski definition) is 1. The second-order valence-electron chi connectivity index (χ2n) is 7.72. The number of nitrogen functional groups attached to an aromatic ring is 1. The molecule has 0 saturated heterocycles. The van der Waals surface area contributed by atoms with Crippen LogP contribution in [-0.4, -0.2) is 22.2 Å². The van der Waals surface area contributed by atoms with Gasteiger partial charge in [-0.2, -0.15) is 0 Å². The Morgan fingerprint density at radius 2 is 1.76 bits per heavy atom. The minimum Gasteiger partial charge on any atom is -0.398 e. The summed E-state index contributed by atoms with van der Waals surface area (Å²) in [5.74, 6) is 2.34. The SMILES string of the molecule is CC1CCC(c2nc(Cl)c3c(n2)=CCCC=3)CC1.CN=C(Cl)c1ccccc1N. The summed E-state index contributed by atoms with van der Waals surface area (Å²) in [5, 5.41) is 3.18. The van der Waals surface area contributed by atoms with E-state index in [2.05, 4.69) is 29.1 Å². The third-order valence-corrected chi connectivity index (χ3v) is 6.22. The highest BCUT2D eigenvalue weighted by molar-refractivity contribution is 6.70. The zero-order valence-electron chi connectivity index (χ0n) is 17.0. The first kappa shape index (κ1) is 21.8. The van der Waals surface area contributed by atoms with Crippen LogP contribution in [0.25, 0.3) is 12.2 Å². The van der Waals surface area contributed by atoms with Gasteiger partial charge < -0.3 is 5.73 Å². The Bertz CT molecular complexity index is 992. The first-order valence-corrected chi connectivity index (χ1v) is 11.0. The Balaban J connectivity index is 0.000000188. The number of anilines is 1. The molecule has 0 spiro atoms. The van der Waals surface area contributed by atoms with Crippen molar-refractivity contribution in [3.63, 3.8) is 0 Å². The maximum absolute atomic E-state index is 6.29. The van der Waals surface area contributed by atoms with Gasteiger partial charge in [-0.3, -0.25) is 4.99 Å². The van der Waals surface area contributed by atoms with Gasteiger partial charge in [0, 0.05) is 29.4 Å². The van der Waals surface area contributed by atoms with Crippen LogP contribution >= 0.6 is 23.2 Å². The van der Waals surface area contributed by atoms with Crippen molar-refractivity contribution in [3.8, 4) is 0 Å². The van der Waals surface area contributed by atoms with Crippen LogP contribution in [-0.2, 0) is 0 Å². The molecule has 1 fully saturated rings. The zero-order chi connectivity index (χ0) is 20.8.